The number of hydrogen-bond acceptors (Lipinski definition) is 3. The lowest BCUT2D eigenvalue weighted by Crippen LogP contribution is -2.48. The molecule has 1 fully saturated rings. The van der Waals surface area contributed by atoms with Gasteiger partial charge < -0.3 is 5.11 Å². The van der Waals surface area contributed by atoms with Crippen LogP contribution in [-0.2, 0) is 15.8 Å². The third-order valence-electron chi connectivity index (χ3n) is 3.76. The van der Waals surface area contributed by atoms with Crippen molar-refractivity contribution in [3.63, 3.8) is 0 Å². The molecule has 7 heteroatoms. The van der Waals surface area contributed by atoms with Crippen molar-refractivity contribution < 1.29 is 22.3 Å². The van der Waals surface area contributed by atoms with E-state index < -0.39 is 44.6 Å². The Balaban J connectivity index is 2.31. The van der Waals surface area contributed by atoms with E-state index in [1.807, 2.05) is 0 Å². The second kappa shape index (κ2) is 5.62. The van der Waals surface area contributed by atoms with Crippen LogP contribution in [0.3, 0.4) is 0 Å². The summed E-state index contributed by atoms with van der Waals surface area (Å²) in [7, 11) is -3.90. The first-order valence-electron chi connectivity index (χ1n) is 6.78. The molecular formula is C14H19F2NO3S. The lowest BCUT2D eigenvalue weighted by atomic mass is 9.98. The summed E-state index contributed by atoms with van der Waals surface area (Å²) in [6.45, 7) is 3.33. The van der Waals surface area contributed by atoms with Crippen LogP contribution >= 0.6 is 0 Å². The van der Waals surface area contributed by atoms with E-state index in [4.69, 9.17) is 0 Å². The van der Waals surface area contributed by atoms with Gasteiger partial charge in [-0.25, -0.2) is 17.2 Å². The molecule has 0 saturated carbocycles. The normalized spacial score (nSPS) is 20.9. The number of hydrogen-bond donors (Lipinski definition) is 1. The Hall–Kier alpha value is -1.05. The smallest absolute Gasteiger partial charge is 0.218 e. The predicted molar refractivity (Wildman–Crippen MR) is 75.0 cm³/mol. The van der Waals surface area contributed by atoms with E-state index in [0.29, 0.717) is 12.8 Å². The lowest BCUT2D eigenvalue weighted by molar-refractivity contribution is 0.0214. The Labute approximate surface area is 123 Å². The number of nitrogens with zero attached hydrogens (tertiary/aromatic N) is 1. The third-order valence-corrected chi connectivity index (χ3v) is 5.57. The quantitative estimate of drug-likeness (QED) is 0.924. The second-order valence-corrected chi connectivity index (χ2v) is 7.80. The SMILES string of the molecule is CC(C)(O)C1CCCN1S(=O)(=O)Cc1c(F)cccc1F. The Morgan fingerprint density at radius 2 is 1.90 bits per heavy atom. The molecule has 0 radical (unpaired) electrons. The van der Waals surface area contributed by atoms with Crippen LogP contribution in [0.1, 0.15) is 32.3 Å². The van der Waals surface area contributed by atoms with Crippen LogP contribution in [0.15, 0.2) is 18.2 Å². The number of rotatable bonds is 4. The summed E-state index contributed by atoms with van der Waals surface area (Å²) in [5.41, 5.74) is -1.66. The molecule has 21 heavy (non-hydrogen) atoms. The fourth-order valence-corrected chi connectivity index (χ4v) is 4.68. The molecule has 1 aliphatic rings. The van der Waals surface area contributed by atoms with Crippen molar-refractivity contribution in [2.24, 2.45) is 0 Å². The van der Waals surface area contributed by atoms with Crippen molar-refractivity contribution in [1.82, 2.24) is 4.31 Å². The first-order chi connectivity index (χ1) is 9.63. The largest absolute Gasteiger partial charge is 0.389 e. The predicted octanol–water partition coefficient (Wildman–Crippen LogP) is 2.03. The molecule has 0 amide bonds. The molecule has 1 heterocycles. The van der Waals surface area contributed by atoms with Crippen molar-refractivity contribution in [2.75, 3.05) is 6.54 Å². The highest BCUT2D eigenvalue weighted by molar-refractivity contribution is 7.88. The molecule has 2 rings (SSSR count). The van der Waals surface area contributed by atoms with Gasteiger partial charge in [0.1, 0.15) is 11.6 Å². The first kappa shape index (κ1) is 16.3. The van der Waals surface area contributed by atoms with Gasteiger partial charge in [-0.3, -0.25) is 0 Å². The van der Waals surface area contributed by atoms with E-state index in [2.05, 4.69) is 0 Å². The highest BCUT2D eigenvalue weighted by Gasteiger charge is 2.42. The molecule has 1 aromatic carbocycles. The van der Waals surface area contributed by atoms with Crippen molar-refractivity contribution >= 4 is 10.0 Å². The van der Waals surface area contributed by atoms with Gasteiger partial charge in [0.2, 0.25) is 10.0 Å². The van der Waals surface area contributed by atoms with Crippen LogP contribution in [0.2, 0.25) is 0 Å². The first-order valence-corrected chi connectivity index (χ1v) is 8.38. The zero-order valence-electron chi connectivity index (χ0n) is 12.0. The Bertz CT molecular complexity index is 605. The molecule has 0 aliphatic carbocycles. The molecule has 1 aliphatic heterocycles. The Morgan fingerprint density at radius 1 is 1.33 bits per heavy atom. The van der Waals surface area contributed by atoms with Crippen molar-refractivity contribution in [2.45, 2.75) is 44.1 Å². The average molecular weight is 319 g/mol. The number of benzene rings is 1. The van der Waals surface area contributed by atoms with Gasteiger partial charge in [0.05, 0.1) is 17.4 Å². The molecule has 118 valence electrons. The Kier molecular flexibility index (Phi) is 4.37. The molecular weight excluding hydrogens is 300 g/mol. The van der Waals surface area contributed by atoms with Gasteiger partial charge in [0.15, 0.2) is 0 Å². The van der Waals surface area contributed by atoms with Crippen LogP contribution in [0.5, 0.6) is 0 Å². The monoisotopic (exact) mass is 319 g/mol. The fraction of sp³-hybridized carbons (Fsp3) is 0.571. The van der Waals surface area contributed by atoms with E-state index in [0.717, 1.165) is 12.1 Å². The van der Waals surface area contributed by atoms with Gasteiger partial charge >= 0.3 is 0 Å². The van der Waals surface area contributed by atoms with Gasteiger partial charge in [0.25, 0.3) is 0 Å². The van der Waals surface area contributed by atoms with E-state index in [1.165, 1.54) is 24.2 Å². The minimum atomic E-state index is -3.90. The highest BCUT2D eigenvalue weighted by atomic mass is 32.2. The molecule has 1 aromatic rings. The summed E-state index contributed by atoms with van der Waals surface area (Å²) < 4.78 is 53.3. The second-order valence-electron chi connectivity index (χ2n) is 5.88. The van der Waals surface area contributed by atoms with Crippen molar-refractivity contribution in [1.29, 1.82) is 0 Å². The van der Waals surface area contributed by atoms with Gasteiger partial charge in [-0.05, 0) is 38.8 Å². The summed E-state index contributed by atoms with van der Waals surface area (Å²) in [5, 5.41) is 10.1. The van der Waals surface area contributed by atoms with E-state index >= 15 is 0 Å². The average Bonchev–Trinajstić information content (AvgIpc) is 2.84. The molecule has 1 N–H and O–H groups in total. The van der Waals surface area contributed by atoms with E-state index in [1.54, 1.807) is 0 Å². The third kappa shape index (κ3) is 3.41. The molecule has 0 spiro atoms. The Morgan fingerprint density at radius 3 is 2.43 bits per heavy atom. The van der Waals surface area contributed by atoms with Crippen LogP contribution in [0, 0.1) is 11.6 Å². The van der Waals surface area contributed by atoms with Gasteiger partial charge in [0, 0.05) is 12.1 Å². The van der Waals surface area contributed by atoms with Crippen LogP contribution in [-0.4, -0.2) is 36.0 Å². The van der Waals surface area contributed by atoms with Gasteiger partial charge in [-0.1, -0.05) is 6.07 Å². The molecule has 0 aromatic heterocycles. The minimum Gasteiger partial charge on any atom is -0.389 e. The minimum absolute atomic E-state index is 0.257. The van der Waals surface area contributed by atoms with Crippen LogP contribution in [0.25, 0.3) is 0 Å². The number of halogens is 2. The number of aliphatic hydroxyl groups is 1. The topological polar surface area (TPSA) is 57.6 Å². The molecule has 0 bridgehead atoms. The summed E-state index contributed by atoms with van der Waals surface area (Å²) in [6.07, 6.45) is 1.15. The van der Waals surface area contributed by atoms with E-state index in [-0.39, 0.29) is 6.54 Å². The van der Waals surface area contributed by atoms with Crippen LogP contribution < -0.4 is 0 Å². The molecule has 4 nitrogen and oxygen atoms in total. The molecule has 1 atom stereocenters. The fourth-order valence-electron chi connectivity index (χ4n) is 2.71. The highest BCUT2D eigenvalue weighted by Crippen LogP contribution is 2.31. The number of sulfonamides is 1. The van der Waals surface area contributed by atoms with Crippen molar-refractivity contribution in [3.8, 4) is 0 Å². The van der Waals surface area contributed by atoms with Gasteiger partial charge in [-0.2, -0.15) is 4.31 Å². The van der Waals surface area contributed by atoms with Crippen LogP contribution in [0.4, 0.5) is 8.78 Å². The zero-order chi connectivity index (χ0) is 15.8. The maximum atomic E-state index is 13.6. The molecule has 1 unspecified atom stereocenters. The van der Waals surface area contributed by atoms with E-state index in [9.17, 15) is 22.3 Å². The standard InChI is InChI=1S/C14H19F2NO3S/c1-14(2,18)13-7-4-8-17(13)21(19,20)9-10-11(15)5-3-6-12(10)16/h3,5-6,13,18H,4,7-9H2,1-2H3. The lowest BCUT2D eigenvalue weighted by Gasteiger charge is -2.33. The maximum Gasteiger partial charge on any atom is 0.218 e. The van der Waals surface area contributed by atoms with Gasteiger partial charge in [-0.15, -0.1) is 0 Å². The summed E-state index contributed by atoms with van der Waals surface area (Å²) in [5.74, 6) is -2.49. The van der Waals surface area contributed by atoms with Crippen molar-refractivity contribution in [3.05, 3.63) is 35.4 Å². The maximum absolute atomic E-state index is 13.6. The summed E-state index contributed by atoms with van der Waals surface area (Å²) in [6, 6.07) is 2.69. The summed E-state index contributed by atoms with van der Waals surface area (Å²) in [4.78, 5) is 0. The molecule has 1 saturated heterocycles. The summed E-state index contributed by atoms with van der Waals surface area (Å²) >= 11 is 0. The zero-order valence-corrected chi connectivity index (χ0v) is 12.8.